The van der Waals surface area contributed by atoms with Gasteiger partial charge in [-0.1, -0.05) is 12.1 Å². The summed E-state index contributed by atoms with van der Waals surface area (Å²) in [6.45, 7) is 5.48. The first-order valence-electron chi connectivity index (χ1n) is 6.43. The minimum absolute atomic E-state index is 0.347. The third-order valence-corrected chi connectivity index (χ3v) is 5.46. The van der Waals surface area contributed by atoms with Gasteiger partial charge in [0.05, 0.1) is 0 Å². The summed E-state index contributed by atoms with van der Waals surface area (Å²) in [7, 11) is -3.47. The maximum atomic E-state index is 12.4. The van der Waals surface area contributed by atoms with Crippen molar-refractivity contribution in [2.75, 3.05) is 18.5 Å². The summed E-state index contributed by atoms with van der Waals surface area (Å²) in [5.41, 5.74) is 7.21. The number of benzene rings is 1. The number of nitrogens with zero attached hydrogens (tertiary/aromatic N) is 1. The molecule has 1 aromatic carbocycles. The maximum absolute atomic E-state index is 12.4. The van der Waals surface area contributed by atoms with E-state index >= 15 is 0 Å². The predicted octanol–water partition coefficient (Wildman–Crippen LogP) is 1.44. The molecule has 20 heavy (non-hydrogen) atoms. The topological polar surface area (TPSA) is 80.5 Å². The molecule has 1 aromatic rings. The zero-order valence-electron chi connectivity index (χ0n) is 12.4. The van der Waals surface area contributed by atoms with E-state index < -0.39 is 20.5 Å². The van der Waals surface area contributed by atoms with Crippen molar-refractivity contribution in [1.82, 2.24) is 4.90 Å². The van der Waals surface area contributed by atoms with Crippen LogP contribution in [-0.4, -0.2) is 36.8 Å². The second-order valence-corrected chi connectivity index (χ2v) is 7.91. The molecule has 0 spiro atoms. The van der Waals surface area contributed by atoms with Gasteiger partial charge in [-0.3, -0.25) is 4.79 Å². The second-order valence-electron chi connectivity index (χ2n) is 5.35. The van der Waals surface area contributed by atoms with E-state index in [-0.39, 0.29) is 0 Å². The number of carbonyl (C=O) groups excluding carboxylic acids is 1. The van der Waals surface area contributed by atoms with Crippen molar-refractivity contribution in [2.24, 2.45) is 0 Å². The zero-order chi connectivity index (χ0) is 15.6. The van der Waals surface area contributed by atoms with Crippen LogP contribution >= 0.6 is 0 Å². The Labute approximate surface area is 120 Å². The van der Waals surface area contributed by atoms with E-state index in [1.165, 1.54) is 18.7 Å². The van der Waals surface area contributed by atoms with Crippen LogP contribution in [0.4, 0.5) is 5.69 Å². The van der Waals surface area contributed by atoms with Crippen LogP contribution in [0.5, 0.6) is 0 Å². The molecule has 0 fully saturated rings. The molecule has 0 bridgehead atoms. The van der Waals surface area contributed by atoms with Gasteiger partial charge in [0.2, 0.25) is 5.91 Å². The average molecular weight is 298 g/mol. The van der Waals surface area contributed by atoms with E-state index in [2.05, 4.69) is 0 Å². The number of hydrogen-bond acceptors (Lipinski definition) is 4. The molecular formula is C14H22N2O3S. The molecule has 0 aliphatic rings. The predicted molar refractivity (Wildman–Crippen MR) is 80.9 cm³/mol. The van der Waals surface area contributed by atoms with Gasteiger partial charge in [-0.05, 0) is 38.5 Å². The lowest BCUT2D eigenvalue weighted by molar-refractivity contribution is -0.133. The summed E-state index contributed by atoms with van der Waals surface area (Å²) in [6, 6.07) is 7.22. The lowest BCUT2D eigenvalue weighted by Crippen LogP contribution is -2.49. The van der Waals surface area contributed by atoms with Crippen molar-refractivity contribution in [3.8, 4) is 0 Å². The fourth-order valence-electron chi connectivity index (χ4n) is 1.78. The molecule has 1 rings (SSSR count). The Morgan fingerprint density at radius 1 is 1.35 bits per heavy atom. The van der Waals surface area contributed by atoms with Crippen LogP contribution in [0.1, 0.15) is 26.3 Å². The number of amides is 1. The number of nitrogen functional groups attached to an aromatic ring is 1. The Hall–Kier alpha value is -1.56. The number of rotatable bonds is 5. The monoisotopic (exact) mass is 298 g/mol. The van der Waals surface area contributed by atoms with E-state index in [0.717, 1.165) is 11.8 Å². The van der Waals surface area contributed by atoms with Gasteiger partial charge in [0.25, 0.3) is 0 Å². The molecule has 0 aliphatic carbocycles. The molecule has 6 heteroatoms. The van der Waals surface area contributed by atoms with Crippen molar-refractivity contribution in [2.45, 2.75) is 32.1 Å². The van der Waals surface area contributed by atoms with Crippen LogP contribution in [0.2, 0.25) is 0 Å². The van der Waals surface area contributed by atoms with Gasteiger partial charge < -0.3 is 10.6 Å². The summed E-state index contributed by atoms with van der Waals surface area (Å²) in [4.78, 5) is 14.0. The molecule has 5 nitrogen and oxygen atoms in total. The first-order valence-corrected chi connectivity index (χ1v) is 8.32. The number of hydrogen-bond donors (Lipinski definition) is 1. The molecule has 0 unspecified atom stereocenters. The molecule has 0 radical (unpaired) electrons. The lowest BCUT2D eigenvalue weighted by atomic mass is 10.1. The minimum Gasteiger partial charge on any atom is -0.399 e. The molecule has 0 saturated heterocycles. The van der Waals surface area contributed by atoms with Gasteiger partial charge in [-0.2, -0.15) is 0 Å². The van der Waals surface area contributed by atoms with Crippen LogP contribution in [0.25, 0.3) is 0 Å². The average Bonchev–Trinajstić information content (AvgIpc) is 2.33. The highest BCUT2D eigenvalue weighted by Gasteiger charge is 2.40. The fraction of sp³-hybridized carbons (Fsp3) is 0.500. The Bertz CT molecular complexity index is 594. The standard InChI is InChI=1S/C14H22N2O3S/c1-5-16(10-11-7-6-8-12(15)9-11)13(17)14(2,3)20(4,18)19/h6-9H,5,10,15H2,1-4H3. The van der Waals surface area contributed by atoms with Gasteiger partial charge in [-0.25, -0.2) is 8.42 Å². The Balaban J connectivity index is 3.00. The molecular weight excluding hydrogens is 276 g/mol. The molecule has 0 heterocycles. The summed E-state index contributed by atoms with van der Waals surface area (Å²) < 4.78 is 22.1. The summed E-state index contributed by atoms with van der Waals surface area (Å²) >= 11 is 0. The van der Waals surface area contributed by atoms with Crippen LogP contribution < -0.4 is 5.73 Å². The Morgan fingerprint density at radius 2 is 1.95 bits per heavy atom. The van der Waals surface area contributed by atoms with E-state index in [9.17, 15) is 13.2 Å². The minimum atomic E-state index is -3.47. The van der Waals surface area contributed by atoms with Crippen molar-refractivity contribution >= 4 is 21.4 Å². The third kappa shape index (κ3) is 3.50. The van der Waals surface area contributed by atoms with E-state index in [1.54, 1.807) is 12.1 Å². The quantitative estimate of drug-likeness (QED) is 0.834. The van der Waals surface area contributed by atoms with E-state index in [4.69, 9.17) is 5.73 Å². The third-order valence-electron chi connectivity index (χ3n) is 3.44. The number of sulfone groups is 1. The highest BCUT2D eigenvalue weighted by atomic mass is 32.2. The van der Waals surface area contributed by atoms with Gasteiger partial charge >= 0.3 is 0 Å². The van der Waals surface area contributed by atoms with Crippen LogP contribution in [0.3, 0.4) is 0 Å². The van der Waals surface area contributed by atoms with Crippen molar-refractivity contribution in [3.63, 3.8) is 0 Å². The summed E-state index contributed by atoms with van der Waals surface area (Å²) in [5.74, 6) is -0.398. The molecule has 0 saturated carbocycles. The highest BCUT2D eigenvalue weighted by molar-refractivity contribution is 7.92. The summed E-state index contributed by atoms with van der Waals surface area (Å²) in [6.07, 6.45) is 1.08. The van der Waals surface area contributed by atoms with Crippen LogP contribution in [0.15, 0.2) is 24.3 Å². The second kappa shape index (κ2) is 5.83. The first kappa shape index (κ1) is 16.5. The van der Waals surface area contributed by atoms with E-state index in [0.29, 0.717) is 18.8 Å². The van der Waals surface area contributed by atoms with Crippen molar-refractivity contribution in [3.05, 3.63) is 29.8 Å². The van der Waals surface area contributed by atoms with E-state index in [1.807, 2.05) is 19.1 Å². The molecule has 1 amide bonds. The highest BCUT2D eigenvalue weighted by Crippen LogP contribution is 2.20. The van der Waals surface area contributed by atoms with Gasteiger partial charge in [0, 0.05) is 25.0 Å². The normalized spacial score (nSPS) is 12.2. The lowest BCUT2D eigenvalue weighted by Gasteiger charge is -2.30. The Kier molecular flexibility index (Phi) is 4.81. The number of nitrogens with two attached hydrogens (primary N) is 1. The van der Waals surface area contributed by atoms with Crippen molar-refractivity contribution < 1.29 is 13.2 Å². The fourth-order valence-corrected chi connectivity index (χ4v) is 2.22. The molecule has 0 aromatic heterocycles. The van der Waals surface area contributed by atoms with Crippen LogP contribution in [0, 0.1) is 0 Å². The Morgan fingerprint density at radius 3 is 2.40 bits per heavy atom. The van der Waals surface area contributed by atoms with Gasteiger partial charge in [0.1, 0.15) is 4.75 Å². The summed E-state index contributed by atoms with van der Waals surface area (Å²) in [5, 5.41) is 0. The van der Waals surface area contributed by atoms with Crippen molar-refractivity contribution in [1.29, 1.82) is 0 Å². The maximum Gasteiger partial charge on any atom is 0.243 e. The number of carbonyl (C=O) groups is 1. The first-order chi connectivity index (χ1) is 9.09. The van der Waals surface area contributed by atoms with Gasteiger partial charge in [0.15, 0.2) is 9.84 Å². The number of anilines is 1. The molecule has 0 atom stereocenters. The molecule has 2 N–H and O–H groups in total. The SMILES string of the molecule is CCN(Cc1cccc(N)c1)C(=O)C(C)(C)S(C)(=O)=O. The smallest absolute Gasteiger partial charge is 0.243 e. The van der Waals surface area contributed by atoms with Gasteiger partial charge in [-0.15, -0.1) is 0 Å². The molecule has 0 aliphatic heterocycles. The van der Waals surface area contributed by atoms with Crippen LogP contribution in [-0.2, 0) is 21.2 Å². The molecule has 112 valence electrons. The zero-order valence-corrected chi connectivity index (χ0v) is 13.2. The largest absolute Gasteiger partial charge is 0.399 e.